The molecule has 148 valence electrons. The Morgan fingerprint density at radius 2 is 1.86 bits per heavy atom. The molecule has 1 aliphatic heterocycles. The lowest BCUT2D eigenvalue weighted by molar-refractivity contribution is -0.121. The maximum Gasteiger partial charge on any atom is 0.255 e. The summed E-state index contributed by atoms with van der Waals surface area (Å²) in [5, 5.41) is 3.87. The van der Waals surface area contributed by atoms with E-state index in [1.165, 1.54) is 25.4 Å². The second-order valence-corrected chi connectivity index (χ2v) is 9.55. The van der Waals surface area contributed by atoms with Crippen LogP contribution in [-0.2, 0) is 14.8 Å². The molecular formula is C17H15Br2N3O5S. The van der Waals surface area contributed by atoms with E-state index in [4.69, 9.17) is 9.47 Å². The highest BCUT2D eigenvalue weighted by Crippen LogP contribution is 2.36. The Balaban J connectivity index is 1.61. The number of amides is 1. The number of rotatable bonds is 6. The summed E-state index contributed by atoms with van der Waals surface area (Å²) in [6.07, 6.45) is 1.42. The molecule has 0 radical (unpaired) electrons. The number of likely N-dealkylation sites (N-methyl/N-ethyl adjacent to an activating group) is 1. The van der Waals surface area contributed by atoms with Crippen LogP contribution in [0.1, 0.15) is 5.56 Å². The number of ether oxygens (including phenoxy) is 2. The average Bonchev–Trinajstić information content (AvgIpc) is 3.09. The van der Waals surface area contributed by atoms with Gasteiger partial charge in [0.25, 0.3) is 5.91 Å². The SMILES string of the molecule is CN(CC(=O)N/N=C\c1cc2c(cc1Br)OCO2)S(=O)(=O)c1ccc(Br)cc1. The van der Waals surface area contributed by atoms with Gasteiger partial charge in [-0.15, -0.1) is 0 Å². The smallest absolute Gasteiger partial charge is 0.255 e. The van der Waals surface area contributed by atoms with E-state index in [9.17, 15) is 13.2 Å². The second-order valence-electron chi connectivity index (χ2n) is 5.74. The number of benzene rings is 2. The second kappa shape index (κ2) is 8.60. The highest BCUT2D eigenvalue weighted by molar-refractivity contribution is 9.10. The number of carbonyl (C=O) groups is 1. The number of hydrogen-bond donors (Lipinski definition) is 1. The average molecular weight is 533 g/mol. The highest BCUT2D eigenvalue weighted by atomic mass is 79.9. The van der Waals surface area contributed by atoms with Gasteiger partial charge in [-0.05, 0) is 52.3 Å². The van der Waals surface area contributed by atoms with Crippen LogP contribution in [0.4, 0.5) is 0 Å². The summed E-state index contributed by atoms with van der Waals surface area (Å²) in [6.45, 7) is -0.226. The minimum atomic E-state index is -3.78. The van der Waals surface area contributed by atoms with Gasteiger partial charge >= 0.3 is 0 Å². The van der Waals surface area contributed by atoms with Gasteiger partial charge in [0.1, 0.15) is 0 Å². The molecule has 2 aromatic rings. The molecule has 1 amide bonds. The van der Waals surface area contributed by atoms with E-state index in [0.717, 1.165) is 8.78 Å². The zero-order valence-corrected chi connectivity index (χ0v) is 18.5. The maximum atomic E-state index is 12.5. The monoisotopic (exact) mass is 531 g/mol. The molecule has 11 heteroatoms. The van der Waals surface area contributed by atoms with E-state index in [0.29, 0.717) is 21.5 Å². The number of halogens is 2. The molecule has 0 bridgehead atoms. The highest BCUT2D eigenvalue weighted by Gasteiger charge is 2.22. The molecule has 2 aromatic carbocycles. The molecule has 0 aromatic heterocycles. The first-order valence-electron chi connectivity index (χ1n) is 7.90. The molecule has 0 aliphatic carbocycles. The number of hydrazone groups is 1. The number of nitrogens with one attached hydrogen (secondary N) is 1. The van der Waals surface area contributed by atoms with Crippen molar-refractivity contribution >= 4 is 54.0 Å². The number of hydrogen-bond acceptors (Lipinski definition) is 6. The van der Waals surface area contributed by atoms with E-state index in [1.807, 2.05) is 0 Å². The van der Waals surface area contributed by atoms with Crippen LogP contribution in [-0.4, -0.2) is 45.2 Å². The van der Waals surface area contributed by atoms with Gasteiger partial charge in [0.05, 0.1) is 17.7 Å². The van der Waals surface area contributed by atoms with Crippen LogP contribution in [0.3, 0.4) is 0 Å². The van der Waals surface area contributed by atoms with Gasteiger partial charge in [-0.3, -0.25) is 4.79 Å². The summed E-state index contributed by atoms with van der Waals surface area (Å²) in [5.41, 5.74) is 2.98. The van der Waals surface area contributed by atoms with Gasteiger partial charge in [-0.25, -0.2) is 13.8 Å². The zero-order chi connectivity index (χ0) is 20.3. The van der Waals surface area contributed by atoms with Crippen LogP contribution >= 0.6 is 31.9 Å². The van der Waals surface area contributed by atoms with Crippen LogP contribution < -0.4 is 14.9 Å². The Kier molecular flexibility index (Phi) is 6.38. The summed E-state index contributed by atoms with van der Waals surface area (Å²) in [6, 6.07) is 9.62. The number of carbonyl (C=O) groups excluding carboxylic acids is 1. The fourth-order valence-corrected chi connectivity index (χ4v) is 4.13. The van der Waals surface area contributed by atoms with Crippen molar-refractivity contribution in [3.63, 3.8) is 0 Å². The third-order valence-electron chi connectivity index (χ3n) is 3.77. The van der Waals surface area contributed by atoms with E-state index < -0.39 is 15.9 Å². The Labute approximate surface area is 178 Å². The van der Waals surface area contributed by atoms with Crippen molar-refractivity contribution in [1.29, 1.82) is 0 Å². The van der Waals surface area contributed by atoms with Crippen LogP contribution in [0.15, 0.2) is 55.3 Å². The third-order valence-corrected chi connectivity index (χ3v) is 6.81. The summed E-state index contributed by atoms with van der Waals surface area (Å²) in [4.78, 5) is 12.1. The topological polar surface area (TPSA) is 97.3 Å². The van der Waals surface area contributed by atoms with Crippen molar-refractivity contribution in [3.05, 3.63) is 50.9 Å². The molecule has 1 heterocycles. The first-order valence-corrected chi connectivity index (χ1v) is 10.9. The number of nitrogens with zero attached hydrogens (tertiary/aromatic N) is 2. The summed E-state index contributed by atoms with van der Waals surface area (Å²) in [5.74, 6) is 0.625. The standard InChI is InChI=1S/C17H15Br2N3O5S/c1-22(28(24,25)13-4-2-12(18)3-5-13)9-17(23)21-20-8-11-6-15-16(7-14(11)19)27-10-26-15/h2-8H,9-10H2,1H3,(H,21,23)/b20-8-. The zero-order valence-electron chi connectivity index (χ0n) is 14.6. The van der Waals surface area contributed by atoms with Gasteiger partial charge in [0.15, 0.2) is 11.5 Å². The Bertz CT molecular complexity index is 1030. The van der Waals surface area contributed by atoms with Crippen LogP contribution in [0.25, 0.3) is 0 Å². The molecule has 0 saturated carbocycles. The lowest BCUT2D eigenvalue weighted by Crippen LogP contribution is -2.36. The largest absolute Gasteiger partial charge is 0.454 e. The minimum Gasteiger partial charge on any atom is -0.454 e. The van der Waals surface area contributed by atoms with Crippen LogP contribution in [0.2, 0.25) is 0 Å². The summed E-state index contributed by atoms with van der Waals surface area (Å²) >= 11 is 6.64. The van der Waals surface area contributed by atoms with Crippen LogP contribution in [0, 0.1) is 0 Å². The molecule has 1 N–H and O–H groups in total. The molecule has 28 heavy (non-hydrogen) atoms. The summed E-state index contributed by atoms with van der Waals surface area (Å²) < 4.78 is 38.0. The summed E-state index contributed by atoms with van der Waals surface area (Å²) in [7, 11) is -2.45. The molecule has 0 unspecified atom stereocenters. The lowest BCUT2D eigenvalue weighted by atomic mass is 10.2. The van der Waals surface area contributed by atoms with Crippen molar-refractivity contribution in [2.24, 2.45) is 5.10 Å². The van der Waals surface area contributed by atoms with E-state index in [1.54, 1.807) is 24.3 Å². The van der Waals surface area contributed by atoms with Crippen molar-refractivity contribution in [2.75, 3.05) is 20.4 Å². The Morgan fingerprint density at radius 1 is 1.21 bits per heavy atom. The van der Waals surface area contributed by atoms with Crippen molar-refractivity contribution in [3.8, 4) is 11.5 Å². The molecule has 0 saturated heterocycles. The molecule has 0 spiro atoms. The molecule has 1 aliphatic rings. The lowest BCUT2D eigenvalue weighted by Gasteiger charge is -2.16. The molecule has 0 atom stereocenters. The van der Waals surface area contributed by atoms with Crippen molar-refractivity contribution in [1.82, 2.24) is 9.73 Å². The Morgan fingerprint density at radius 3 is 2.54 bits per heavy atom. The van der Waals surface area contributed by atoms with E-state index in [2.05, 4.69) is 42.4 Å². The maximum absolute atomic E-state index is 12.5. The van der Waals surface area contributed by atoms with Gasteiger partial charge in [0, 0.05) is 21.6 Å². The normalized spacial score (nSPS) is 13.3. The number of sulfonamides is 1. The Hall–Kier alpha value is -1.95. The molecule has 0 fully saturated rings. The van der Waals surface area contributed by atoms with Gasteiger partial charge < -0.3 is 9.47 Å². The van der Waals surface area contributed by atoms with Gasteiger partial charge in [-0.1, -0.05) is 15.9 Å². The molecule has 8 nitrogen and oxygen atoms in total. The fraction of sp³-hybridized carbons (Fsp3) is 0.176. The van der Waals surface area contributed by atoms with E-state index >= 15 is 0 Å². The minimum absolute atomic E-state index is 0.0961. The molecule has 3 rings (SSSR count). The first kappa shape index (κ1) is 20.8. The van der Waals surface area contributed by atoms with Crippen LogP contribution in [0.5, 0.6) is 11.5 Å². The fourth-order valence-electron chi connectivity index (χ4n) is 2.31. The predicted molar refractivity (Wildman–Crippen MR) is 110 cm³/mol. The van der Waals surface area contributed by atoms with E-state index in [-0.39, 0.29) is 18.2 Å². The third kappa shape index (κ3) is 4.72. The number of fused-ring (bicyclic) bond motifs is 1. The van der Waals surface area contributed by atoms with Gasteiger partial charge in [0.2, 0.25) is 16.8 Å². The van der Waals surface area contributed by atoms with Gasteiger partial charge in [-0.2, -0.15) is 9.41 Å². The predicted octanol–water partition coefficient (Wildman–Crippen LogP) is 2.71. The quantitative estimate of drug-likeness (QED) is 0.455. The van der Waals surface area contributed by atoms with Crippen molar-refractivity contribution in [2.45, 2.75) is 4.90 Å². The first-order chi connectivity index (χ1) is 13.3. The van der Waals surface area contributed by atoms with Crippen molar-refractivity contribution < 1.29 is 22.7 Å². The molecular weight excluding hydrogens is 518 g/mol.